The monoisotopic (exact) mass is 342 g/mol. The van der Waals surface area contributed by atoms with Crippen molar-refractivity contribution >= 4 is 5.97 Å². The van der Waals surface area contributed by atoms with E-state index in [0.29, 0.717) is 19.5 Å². The number of rotatable bonds is 16. The Kier molecular flexibility index (Phi) is 25.8. The molecule has 0 bridgehead atoms. The van der Waals surface area contributed by atoms with Crippen LogP contribution < -0.4 is 11.5 Å². The first-order chi connectivity index (χ1) is 11.7. The van der Waals surface area contributed by atoms with Gasteiger partial charge in [0.1, 0.15) is 0 Å². The molecule has 0 aromatic carbocycles. The molecule has 4 nitrogen and oxygen atoms in total. The number of hydrogen-bond donors (Lipinski definition) is 3. The summed E-state index contributed by atoms with van der Waals surface area (Å²) in [5, 5.41) is 8.51. The molecular weight excluding hydrogens is 300 g/mol. The number of allylic oxidation sites excluding steroid dienone is 2. The summed E-state index contributed by atoms with van der Waals surface area (Å²) in [5.74, 6) is -0.664. The van der Waals surface area contributed by atoms with Gasteiger partial charge in [-0.15, -0.1) is 0 Å². The SMILES string of the molecule is CCCCCCCC/C=C\CCCCCCCC(=O)O.NCCN. The van der Waals surface area contributed by atoms with E-state index in [1.807, 2.05) is 0 Å². The van der Waals surface area contributed by atoms with Crippen molar-refractivity contribution in [1.82, 2.24) is 0 Å². The van der Waals surface area contributed by atoms with Gasteiger partial charge in [0.2, 0.25) is 0 Å². The fourth-order valence-corrected chi connectivity index (χ4v) is 2.35. The van der Waals surface area contributed by atoms with Crippen LogP contribution in [0.3, 0.4) is 0 Å². The van der Waals surface area contributed by atoms with Crippen molar-refractivity contribution < 1.29 is 9.90 Å². The molecule has 0 unspecified atom stereocenters. The molecule has 5 N–H and O–H groups in total. The first-order valence-corrected chi connectivity index (χ1v) is 9.95. The Labute approximate surface area is 150 Å². The molecule has 0 rings (SSSR count). The van der Waals surface area contributed by atoms with Gasteiger partial charge in [-0.25, -0.2) is 0 Å². The molecule has 0 aliphatic rings. The first kappa shape index (κ1) is 25.4. The summed E-state index contributed by atoms with van der Waals surface area (Å²) in [6.07, 6.45) is 21.2. The highest BCUT2D eigenvalue weighted by Crippen LogP contribution is 2.09. The van der Waals surface area contributed by atoms with Gasteiger partial charge in [0.05, 0.1) is 0 Å². The third-order valence-corrected chi connectivity index (χ3v) is 3.82. The van der Waals surface area contributed by atoms with Crippen molar-refractivity contribution in [3.63, 3.8) is 0 Å². The van der Waals surface area contributed by atoms with Crippen molar-refractivity contribution in [2.24, 2.45) is 11.5 Å². The van der Waals surface area contributed by atoms with Crippen molar-refractivity contribution in [3.8, 4) is 0 Å². The minimum absolute atomic E-state index is 0.332. The van der Waals surface area contributed by atoms with Gasteiger partial charge in [-0.3, -0.25) is 4.79 Å². The molecule has 24 heavy (non-hydrogen) atoms. The lowest BCUT2D eigenvalue weighted by Crippen LogP contribution is -2.11. The van der Waals surface area contributed by atoms with E-state index in [4.69, 9.17) is 16.6 Å². The Morgan fingerprint density at radius 2 is 1.17 bits per heavy atom. The Morgan fingerprint density at radius 1 is 0.750 bits per heavy atom. The maximum atomic E-state index is 10.3. The molecule has 0 spiro atoms. The van der Waals surface area contributed by atoms with E-state index < -0.39 is 5.97 Å². The largest absolute Gasteiger partial charge is 0.481 e. The van der Waals surface area contributed by atoms with Crippen LogP contribution in [-0.2, 0) is 4.79 Å². The van der Waals surface area contributed by atoms with Crippen LogP contribution in [-0.4, -0.2) is 24.2 Å². The fourth-order valence-electron chi connectivity index (χ4n) is 2.35. The molecule has 0 heterocycles. The quantitative estimate of drug-likeness (QED) is 0.271. The van der Waals surface area contributed by atoms with E-state index in [2.05, 4.69) is 19.1 Å². The third-order valence-electron chi connectivity index (χ3n) is 3.82. The van der Waals surface area contributed by atoms with Crippen LogP contribution in [0.1, 0.15) is 96.8 Å². The van der Waals surface area contributed by atoms with Crippen molar-refractivity contribution in [2.75, 3.05) is 13.1 Å². The summed E-state index contributed by atoms with van der Waals surface area (Å²) in [6, 6.07) is 0. The van der Waals surface area contributed by atoms with E-state index >= 15 is 0 Å². The second-order valence-corrected chi connectivity index (χ2v) is 6.31. The Balaban J connectivity index is 0. The van der Waals surface area contributed by atoms with E-state index in [0.717, 1.165) is 12.8 Å². The van der Waals surface area contributed by atoms with Crippen LogP contribution in [0.5, 0.6) is 0 Å². The average molecular weight is 343 g/mol. The maximum Gasteiger partial charge on any atom is 0.303 e. The zero-order valence-corrected chi connectivity index (χ0v) is 16.0. The van der Waals surface area contributed by atoms with E-state index in [1.165, 1.54) is 70.6 Å². The molecule has 0 atom stereocenters. The van der Waals surface area contributed by atoms with Gasteiger partial charge in [0.15, 0.2) is 0 Å². The molecule has 0 radical (unpaired) electrons. The molecule has 0 aliphatic heterocycles. The predicted molar refractivity (Wildman–Crippen MR) is 105 cm³/mol. The molecule has 0 fully saturated rings. The average Bonchev–Trinajstić information content (AvgIpc) is 2.58. The number of carboxylic acids is 1. The topological polar surface area (TPSA) is 89.3 Å². The zero-order chi connectivity index (χ0) is 18.3. The van der Waals surface area contributed by atoms with Gasteiger partial charge in [-0.05, 0) is 32.1 Å². The van der Waals surface area contributed by atoms with E-state index in [1.54, 1.807) is 0 Å². The number of carbonyl (C=O) groups is 1. The van der Waals surface area contributed by atoms with Crippen LogP contribution in [0.4, 0.5) is 0 Å². The molecule has 0 saturated heterocycles. The Morgan fingerprint density at radius 3 is 1.58 bits per heavy atom. The highest BCUT2D eigenvalue weighted by atomic mass is 16.4. The number of aliphatic carboxylic acids is 1. The van der Waals surface area contributed by atoms with Crippen molar-refractivity contribution in [1.29, 1.82) is 0 Å². The van der Waals surface area contributed by atoms with Crippen molar-refractivity contribution in [2.45, 2.75) is 96.8 Å². The molecule has 4 heteroatoms. The standard InChI is InChI=1S/C18H34O2.C2H8N2/c1-2-3-4-5-6-7-8-9-10-11-12-13-14-15-16-17-18(19)20;3-1-2-4/h9-10H,2-8,11-17H2,1H3,(H,19,20);1-4H2/b10-9-;. The van der Waals surface area contributed by atoms with Gasteiger partial charge >= 0.3 is 5.97 Å². The normalized spacial score (nSPS) is 10.6. The summed E-state index contributed by atoms with van der Waals surface area (Å²) < 4.78 is 0. The third kappa shape index (κ3) is 29.2. The first-order valence-electron chi connectivity index (χ1n) is 9.95. The van der Waals surface area contributed by atoms with E-state index in [-0.39, 0.29) is 0 Å². The Hall–Kier alpha value is -0.870. The molecule has 0 saturated carbocycles. The number of unbranched alkanes of at least 4 members (excludes halogenated alkanes) is 11. The zero-order valence-electron chi connectivity index (χ0n) is 16.0. The van der Waals surface area contributed by atoms with Crippen LogP contribution in [0.2, 0.25) is 0 Å². The molecule has 0 aromatic rings. The highest BCUT2D eigenvalue weighted by Gasteiger charge is 1.95. The lowest BCUT2D eigenvalue weighted by atomic mass is 10.1. The lowest BCUT2D eigenvalue weighted by molar-refractivity contribution is -0.137. The van der Waals surface area contributed by atoms with Gasteiger partial charge < -0.3 is 16.6 Å². The Bertz CT molecular complexity index is 266. The summed E-state index contributed by atoms with van der Waals surface area (Å²) in [5.41, 5.74) is 9.81. The van der Waals surface area contributed by atoms with Crippen LogP contribution in [0.25, 0.3) is 0 Å². The second kappa shape index (κ2) is 24.4. The number of nitrogens with two attached hydrogens (primary N) is 2. The fraction of sp³-hybridized carbons (Fsp3) is 0.850. The number of carboxylic acid groups (broad SMARTS) is 1. The van der Waals surface area contributed by atoms with Gasteiger partial charge in [0, 0.05) is 19.5 Å². The van der Waals surface area contributed by atoms with Crippen LogP contribution in [0, 0.1) is 0 Å². The summed E-state index contributed by atoms with van der Waals surface area (Å²) in [6.45, 7) is 3.45. The highest BCUT2D eigenvalue weighted by molar-refractivity contribution is 5.66. The van der Waals surface area contributed by atoms with Crippen LogP contribution >= 0.6 is 0 Å². The minimum Gasteiger partial charge on any atom is -0.481 e. The molecule has 0 amide bonds. The number of hydrogen-bond acceptors (Lipinski definition) is 3. The predicted octanol–water partition coefficient (Wildman–Crippen LogP) is 5.01. The maximum absolute atomic E-state index is 10.3. The van der Waals surface area contributed by atoms with Crippen LogP contribution in [0.15, 0.2) is 12.2 Å². The molecule has 0 aromatic heterocycles. The molecular formula is C20H42N2O2. The molecule has 144 valence electrons. The van der Waals surface area contributed by atoms with Crippen molar-refractivity contribution in [3.05, 3.63) is 12.2 Å². The summed E-state index contributed by atoms with van der Waals surface area (Å²) >= 11 is 0. The lowest BCUT2D eigenvalue weighted by Gasteiger charge is -1.99. The minimum atomic E-state index is -0.664. The van der Waals surface area contributed by atoms with Gasteiger partial charge in [-0.1, -0.05) is 70.4 Å². The van der Waals surface area contributed by atoms with Gasteiger partial charge in [-0.2, -0.15) is 0 Å². The van der Waals surface area contributed by atoms with E-state index in [9.17, 15) is 4.79 Å². The summed E-state index contributed by atoms with van der Waals surface area (Å²) in [4.78, 5) is 10.3. The smallest absolute Gasteiger partial charge is 0.303 e. The van der Waals surface area contributed by atoms with Gasteiger partial charge in [0.25, 0.3) is 0 Å². The molecule has 0 aliphatic carbocycles. The summed E-state index contributed by atoms with van der Waals surface area (Å²) in [7, 11) is 0. The second-order valence-electron chi connectivity index (χ2n) is 6.31.